The summed E-state index contributed by atoms with van der Waals surface area (Å²) >= 11 is 9.10. The number of carbonyl (C=O) groups is 8. The van der Waals surface area contributed by atoms with Gasteiger partial charge < -0.3 is 63.3 Å². The van der Waals surface area contributed by atoms with Crippen molar-refractivity contribution in [3.05, 3.63) is 120 Å². The van der Waals surface area contributed by atoms with Gasteiger partial charge in [0.1, 0.15) is 37.4 Å². The van der Waals surface area contributed by atoms with Gasteiger partial charge in [-0.25, -0.2) is 9.59 Å². The summed E-state index contributed by atoms with van der Waals surface area (Å²) in [4.78, 5) is 106. The molecule has 24 heteroatoms. The maximum absolute atomic E-state index is 14.8. The van der Waals surface area contributed by atoms with Gasteiger partial charge in [-0.15, -0.1) is 0 Å². The smallest absolute Gasteiger partial charge is 0.408 e. The number of fused-ring (bicyclic) bond motifs is 10. The Morgan fingerprint density at radius 2 is 1.30 bits per heavy atom. The number of esters is 5. The second-order valence-electron chi connectivity index (χ2n) is 17.3. The molecule has 76 heavy (non-hydrogen) atoms. The summed E-state index contributed by atoms with van der Waals surface area (Å²) in [6.07, 6.45) is -10.2. The molecule has 0 saturated carbocycles. The maximum Gasteiger partial charge on any atom is 0.408 e. The van der Waals surface area contributed by atoms with Crippen LogP contribution in [0, 0.1) is 3.57 Å². The number of rotatable bonds is 15. The SMILES string of the molecule is COC(=O)[C@@H]1Cc2cc(Br)c(c(Br)c2)Oc2cc(cc(I)c2O[C@@H]2O[C@H](COC(C)=O)[C@@H](OC(C)=O)[C@H](OC(C)=O)[C@H]2OC(C)=O)C[C@H](NC(=O)OCc2ccccc2)C(=O)N[C@@H]([C@@H](C)OCc2ccccc2)C(=O)N1. The van der Waals surface area contributed by atoms with E-state index in [2.05, 4.69) is 47.8 Å². The molecule has 4 bridgehead atoms. The lowest BCUT2D eigenvalue weighted by Crippen LogP contribution is -2.63. The molecule has 406 valence electrons. The lowest BCUT2D eigenvalue weighted by Gasteiger charge is -2.44. The summed E-state index contributed by atoms with van der Waals surface area (Å²) in [5.74, 6) is -5.77. The van der Waals surface area contributed by atoms with Gasteiger partial charge in [0.2, 0.25) is 24.2 Å². The van der Waals surface area contributed by atoms with E-state index in [1.165, 1.54) is 6.07 Å². The molecule has 4 aromatic rings. The molecule has 9 atom stereocenters. The van der Waals surface area contributed by atoms with Crippen molar-refractivity contribution >= 4 is 102 Å². The zero-order valence-corrected chi connectivity index (χ0v) is 47.1. The molecule has 3 amide bonds. The highest BCUT2D eigenvalue weighted by atomic mass is 127. The zero-order valence-electron chi connectivity index (χ0n) is 41.8. The fourth-order valence-corrected chi connectivity index (χ4v) is 10.2. The molecule has 21 nitrogen and oxygen atoms in total. The largest absolute Gasteiger partial charge is 0.467 e. The van der Waals surface area contributed by atoms with E-state index in [9.17, 15) is 38.4 Å². The Bertz CT molecular complexity index is 2750. The molecule has 1 fully saturated rings. The van der Waals surface area contributed by atoms with Gasteiger partial charge in [0.15, 0.2) is 29.5 Å². The summed E-state index contributed by atoms with van der Waals surface area (Å²) in [6, 6.07) is 20.0. The number of alkyl carbamates (subject to hydrolysis) is 1. The summed E-state index contributed by atoms with van der Waals surface area (Å²) in [5, 5.41) is 8.12. The molecular formula is C52H54Br2IN3O18. The van der Waals surface area contributed by atoms with E-state index in [4.69, 9.17) is 47.4 Å². The zero-order chi connectivity index (χ0) is 55.2. The number of hydrogen-bond donors (Lipinski definition) is 3. The summed E-state index contributed by atoms with van der Waals surface area (Å²) in [6.45, 7) is 5.31. The third kappa shape index (κ3) is 16.6. The van der Waals surface area contributed by atoms with Crippen molar-refractivity contribution < 1.29 is 85.7 Å². The Balaban J connectivity index is 1.49. The predicted molar refractivity (Wildman–Crippen MR) is 281 cm³/mol. The molecule has 0 aromatic heterocycles. The highest BCUT2D eigenvalue weighted by Gasteiger charge is 2.54. The van der Waals surface area contributed by atoms with Gasteiger partial charge in [0, 0.05) is 40.5 Å². The summed E-state index contributed by atoms with van der Waals surface area (Å²) < 4.78 is 59.4. The number of carbonyl (C=O) groups excluding carboxylic acids is 8. The van der Waals surface area contributed by atoms with E-state index < -0.39 is 109 Å². The van der Waals surface area contributed by atoms with Crippen molar-refractivity contribution in [2.24, 2.45) is 0 Å². The van der Waals surface area contributed by atoms with Crippen LogP contribution in [-0.2, 0) is 97.5 Å². The number of nitrogens with one attached hydrogen (secondary N) is 3. The van der Waals surface area contributed by atoms with Crippen LogP contribution in [0.4, 0.5) is 4.79 Å². The highest BCUT2D eigenvalue weighted by molar-refractivity contribution is 14.1. The molecule has 4 aromatic carbocycles. The average molecular weight is 1300 g/mol. The van der Waals surface area contributed by atoms with Gasteiger partial charge in [-0.1, -0.05) is 60.7 Å². The molecule has 3 N–H and O–H groups in total. The van der Waals surface area contributed by atoms with Crippen molar-refractivity contribution in [1.82, 2.24) is 16.0 Å². The van der Waals surface area contributed by atoms with E-state index in [1.54, 1.807) is 55.5 Å². The van der Waals surface area contributed by atoms with Gasteiger partial charge in [0.25, 0.3) is 0 Å². The standard InChI is InChI=1S/C52H54Br2IN3O18/c1-26(68-23-31-13-9-7-10-14-31)42-49(64)56-39(50(65)67-6)21-33-17-35(53)43(36(54)18-33)74-40-22-34(20-38(48(63)58-42)57-52(66)70-24-32-15-11-8-12-16-32)19-37(55)44(40)76-51-47(73-30(5)62)46(72-29(4)61)45(71-28(3)60)41(75-51)25-69-27(2)59/h7-19,22,26,38-39,41-42,45-47,51H,20-21,23-25H2,1-6H3,(H,56,64)(H,57,66)(H,58,63)/t26-,38+,39+,41-,42+,45-,46+,47-,51+/m1/s1. The monoisotopic (exact) mass is 1290 g/mol. The molecule has 0 radical (unpaired) electrons. The Hall–Kier alpha value is -6.35. The second kappa shape index (κ2) is 27.6. The number of hydrogen-bond acceptors (Lipinski definition) is 18. The minimum Gasteiger partial charge on any atom is -0.467 e. The van der Waals surface area contributed by atoms with Crippen LogP contribution in [0.2, 0.25) is 0 Å². The molecule has 3 heterocycles. The Kier molecular flexibility index (Phi) is 21.4. The Morgan fingerprint density at radius 3 is 1.89 bits per heavy atom. The summed E-state index contributed by atoms with van der Waals surface area (Å²) in [5.41, 5.74) is 2.26. The first-order valence-electron chi connectivity index (χ1n) is 23.5. The van der Waals surface area contributed by atoms with Crippen molar-refractivity contribution in [3.8, 4) is 17.2 Å². The minimum absolute atomic E-state index is 0.0389. The molecule has 0 unspecified atom stereocenters. The van der Waals surface area contributed by atoms with Crippen molar-refractivity contribution in [2.75, 3.05) is 13.7 Å². The van der Waals surface area contributed by atoms with E-state index in [-0.39, 0.29) is 46.9 Å². The van der Waals surface area contributed by atoms with E-state index in [0.29, 0.717) is 25.6 Å². The number of methoxy groups -OCH3 is 1. The fraction of sp³-hybridized carbons (Fsp3) is 0.385. The quantitative estimate of drug-likeness (QED) is 0.0678. The van der Waals surface area contributed by atoms with Gasteiger partial charge >= 0.3 is 35.9 Å². The first kappa shape index (κ1) is 58.9. The van der Waals surface area contributed by atoms with Crippen LogP contribution in [0.15, 0.2) is 93.9 Å². The number of benzene rings is 4. The van der Waals surface area contributed by atoms with E-state index in [0.717, 1.165) is 40.4 Å². The molecule has 0 aliphatic carbocycles. The number of amides is 3. The first-order valence-corrected chi connectivity index (χ1v) is 26.1. The van der Waals surface area contributed by atoms with Crippen LogP contribution in [0.5, 0.6) is 17.2 Å². The van der Waals surface area contributed by atoms with Crippen LogP contribution in [-0.4, -0.2) is 116 Å². The lowest BCUT2D eigenvalue weighted by molar-refractivity contribution is -0.288. The number of halogens is 3. The molecular weight excluding hydrogens is 1240 g/mol. The maximum atomic E-state index is 14.8. The van der Waals surface area contributed by atoms with Crippen molar-refractivity contribution in [2.45, 2.75) is 116 Å². The minimum atomic E-state index is -1.71. The van der Waals surface area contributed by atoms with Crippen molar-refractivity contribution in [3.63, 3.8) is 0 Å². The van der Waals surface area contributed by atoms with Crippen LogP contribution >= 0.6 is 54.5 Å². The molecule has 1 saturated heterocycles. The Morgan fingerprint density at radius 1 is 0.724 bits per heavy atom. The molecule has 0 spiro atoms. The number of ether oxygens (including phenoxy) is 10. The van der Waals surface area contributed by atoms with Crippen LogP contribution in [0.1, 0.15) is 56.9 Å². The predicted octanol–water partition coefficient (Wildman–Crippen LogP) is 6.21. The lowest BCUT2D eigenvalue weighted by atomic mass is 9.98. The van der Waals surface area contributed by atoms with Crippen LogP contribution < -0.4 is 25.4 Å². The van der Waals surface area contributed by atoms with Crippen LogP contribution in [0.25, 0.3) is 0 Å². The molecule has 3 aliphatic rings. The molecule has 3 aliphatic heterocycles. The highest BCUT2D eigenvalue weighted by Crippen LogP contribution is 2.45. The van der Waals surface area contributed by atoms with Gasteiger partial charge in [-0.05, 0) is 108 Å². The third-order valence-electron chi connectivity index (χ3n) is 11.4. The topological polar surface area (TPSA) is 265 Å². The van der Waals surface area contributed by atoms with Gasteiger partial charge in [-0.3, -0.25) is 28.8 Å². The fourth-order valence-electron chi connectivity index (χ4n) is 8.00. The normalized spacial score (nSPS) is 21.9. The van der Waals surface area contributed by atoms with Crippen LogP contribution in [0.3, 0.4) is 0 Å². The van der Waals surface area contributed by atoms with Crippen molar-refractivity contribution in [1.29, 1.82) is 0 Å². The third-order valence-corrected chi connectivity index (χ3v) is 13.4. The average Bonchev–Trinajstić information content (AvgIpc) is 3.38. The van der Waals surface area contributed by atoms with E-state index in [1.807, 2.05) is 52.9 Å². The first-order chi connectivity index (χ1) is 36.2. The Labute approximate surface area is 467 Å². The second-order valence-corrected chi connectivity index (χ2v) is 20.2. The summed E-state index contributed by atoms with van der Waals surface area (Å²) in [7, 11) is 1.16. The van der Waals surface area contributed by atoms with Gasteiger partial charge in [0.05, 0.1) is 32.3 Å². The van der Waals surface area contributed by atoms with Gasteiger partial charge in [-0.2, -0.15) is 0 Å². The van der Waals surface area contributed by atoms with E-state index >= 15 is 0 Å². The molecule has 7 rings (SSSR count).